The van der Waals surface area contributed by atoms with Crippen molar-refractivity contribution in [1.82, 2.24) is 10.3 Å². The number of carbonyl (C=O) groups is 2. The number of aromatic nitrogens is 1. The fourth-order valence-corrected chi connectivity index (χ4v) is 3.65. The molecule has 0 aliphatic heterocycles. The van der Waals surface area contributed by atoms with Gasteiger partial charge in [0, 0.05) is 16.1 Å². The Hall–Kier alpha value is -1.28. The predicted molar refractivity (Wildman–Crippen MR) is 106 cm³/mol. The van der Waals surface area contributed by atoms with Gasteiger partial charge in [-0.2, -0.15) is 11.8 Å². The van der Waals surface area contributed by atoms with Crippen LogP contribution in [-0.4, -0.2) is 34.8 Å². The van der Waals surface area contributed by atoms with Crippen molar-refractivity contribution in [3.8, 4) is 0 Å². The summed E-state index contributed by atoms with van der Waals surface area (Å²) < 4.78 is 0. The van der Waals surface area contributed by atoms with E-state index in [0.717, 1.165) is 10.6 Å². The Morgan fingerprint density at radius 2 is 2.12 bits per heavy atom. The Morgan fingerprint density at radius 1 is 1.36 bits per heavy atom. The minimum Gasteiger partial charge on any atom is -0.340 e. The lowest BCUT2D eigenvalue weighted by atomic mass is 10.1. The molecule has 25 heavy (non-hydrogen) atoms. The maximum Gasteiger partial charge on any atom is 0.253 e. The third-order valence-electron chi connectivity index (χ3n) is 3.26. The summed E-state index contributed by atoms with van der Waals surface area (Å²) in [5.74, 6) is 0.00365. The second-order valence-electron chi connectivity index (χ2n) is 5.20. The van der Waals surface area contributed by atoms with Crippen molar-refractivity contribution in [2.24, 2.45) is 0 Å². The molecule has 0 saturated carbocycles. The lowest BCUT2D eigenvalue weighted by molar-refractivity contribution is -0.118. The number of hydrogen-bond acceptors (Lipinski definition) is 5. The topological polar surface area (TPSA) is 71.1 Å². The van der Waals surface area contributed by atoms with Gasteiger partial charge >= 0.3 is 0 Å². The summed E-state index contributed by atoms with van der Waals surface area (Å²) in [7, 11) is 0. The minimum absolute atomic E-state index is 0.240. The zero-order chi connectivity index (χ0) is 18.4. The van der Waals surface area contributed by atoms with Gasteiger partial charge in [-0.05, 0) is 43.6 Å². The SMILES string of the molecule is CSCCC(NC(=O)c1ccc(Cl)cc1Cl)C(=O)Nc1ncc(C)s1. The number of aryl methyl sites for hydroxylation is 1. The maximum absolute atomic E-state index is 12.5. The van der Waals surface area contributed by atoms with E-state index in [9.17, 15) is 9.59 Å². The molecule has 2 amide bonds. The number of benzene rings is 1. The molecule has 1 aromatic heterocycles. The van der Waals surface area contributed by atoms with Crippen LogP contribution in [0.3, 0.4) is 0 Å². The molecule has 134 valence electrons. The van der Waals surface area contributed by atoms with Gasteiger partial charge in [0.25, 0.3) is 5.91 Å². The second kappa shape index (κ2) is 9.43. The van der Waals surface area contributed by atoms with Crippen LogP contribution in [0.5, 0.6) is 0 Å². The van der Waals surface area contributed by atoms with Crippen LogP contribution in [0.25, 0.3) is 0 Å². The molecule has 2 N–H and O–H groups in total. The molecule has 0 aliphatic rings. The number of hydrogen-bond donors (Lipinski definition) is 2. The van der Waals surface area contributed by atoms with Crippen molar-refractivity contribution < 1.29 is 9.59 Å². The first-order valence-corrected chi connectivity index (χ1v) is 10.4. The molecule has 0 aliphatic carbocycles. The van der Waals surface area contributed by atoms with E-state index in [4.69, 9.17) is 23.2 Å². The van der Waals surface area contributed by atoms with Crippen molar-refractivity contribution in [3.63, 3.8) is 0 Å². The van der Waals surface area contributed by atoms with Crippen LogP contribution in [0.15, 0.2) is 24.4 Å². The average molecular weight is 418 g/mol. The van der Waals surface area contributed by atoms with Crippen molar-refractivity contribution in [1.29, 1.82) is 0 Å². The number of nitrogens with one attached hydrogen (secondary N) is 2. The summed E-state index contributed by atoms with van der Waals surface area (Å²) in [5.41, 5.74) is 0.276. The quantitative estimate of drug-likeness (QED) is 0.705. The number of nitrogens with zero attached hydrogens (tertiary/aromatic N) is 1. The molecule has 1 heterocycles. The third kappa shape index (κ3) is 5.88. The molecule has 0 fully saturated rings. The van der Waals surface area contributed by atoms with Crippen molar-refractivity contribution in [2.75, 3.05) is 17.3 Å². The van der Waals surface area contributed by atoms with E-state index in [1.54, 1.807) is 24.0 Å². The molecule has 0 saturated heterocycles. The fourth-order valence-electron chi connectivity index (χ4n) is 2.02. The van der Waals surface area contributed by atoms with Crippen LogP contribution in [-0.2, 0) is 4.79 Å². The number of thiazole rings is 1. The molecule has 1 atom stereocenters. The average Bonchev–Trinajstić information content (AvgIpc) is 2.96. The lowest BCUT2D eigenvalue weighted by Crippen LogP contribution is -2.44. The summed E-state index contributed by atoms with van der Waals surface area (Å²) in [6.07, 6.45) is 4.12. The van der Waals surface area contributed by atoms with Crippen LogP contribution in [0.4, 0.5) is 5.13 Å². The smallest absolute Gasteiger partial charge is 0.253 e. The van der Waals surface area contributed by atoms with Crippen LogP contribution >= 0.6 is 46.3 Å². The maximum atomic E-state index is 12.5. The van der Waals surface area contributed by atoms with Crippen molar-refractivity contribution in [3.05, 3.63) is 44.9 Å². The van der Waals surface area contributed by atoms with E-state index in [0.29, 0.717) is 16.6 Å². The van der Waals surface area contributed by atoms with Gasteiger partial charge in [-0.15, -0.1) is 11.3 Å². The predicted octanol–water partition coefficient (Wildman–Crippen LogP) is 4.25. The molecule has 0 spiro atoms. The first-order valence-electron chi connectivity index (χ1n) is 7.39. The van der Waals surface area contributed by atoms with Crippen molar-refractivity contribution >= 4 is 63.2 Å². The first kappa shape index (κ1) is 20.0. The van der Waals surface area contributed by atoms with E-state index >= 15 is 0 Å². The van der Waals surface area contributed by atoms with Crippen LogP contribution < -0.4 is 10.6 Å². The first-order chi connectivity index (χ1) is 11.9. The molecule has 0 radical (unpaired) electrons. The Balaban J connectivity index is 2.10. The third-order valence-corrected chi connectivity index (χ3v) is 5.28. The number of rotatable bonds is 7. The molecule has 5 nitrogen and oxygen atoms in total. The molecular formula is C16H17Cl2N3O2S2. The molecule has 9 heteroatoms. The molecule has 1 aromatic carbocycles. The molecule has 0 bridgehead atoms. The van der Waals surface area contributed by atoms with Gasteiger partial charge < -0.3 is 10.6 Å². The van der Waals surface area contributed by atoms with E-state index in [1.807, 2.05) is 13.2 Å². The summed E-state index contributed by atoms with van der Waals surface area (Å²) in [5, 5.41) is 6.67. The number of halogens is 2. The summed E-state index contributed by atoms with van der Waals surface area (Å²) >= 11 is 14.9. The number of anilines is 1. The Labute approximate surface area is 164 Å². The molecule has 2 rings (SSSR count). The highest BCUT2D eigenvalue weighted by molar-refractivity contribution is 7.98. The standard InChI is InChI=1S/C16H17Cl2N3O2S2/c1-9-8-19-16(25-9)21-15(23)13(5-6-24-2)20-14(22)11-4-3-10(17)7-12(11)18/h3-4,7-8,13H,5-6H2,1-2H3,(H,20,22)(H,19,21,23). The monoisotopic (exact) mass is 417 g/mol. The Kier molecular flexibility index (Phi) is 7.56. The Morgan fingerprint density at radius 3 is 2.72 bits per heavy atom. The summed E-state index contributed by atoms with van der Waals surface area (Å²) in [6, 6.07) is 3.93. The highest BCUT2D eigenvalue weighted by Crippen LogP contribution is 2.21. The van der Waals surface area contributed by atoms with Gasteiger partial charge in [0.1, 0.15) is 6.04 Å². The molecular weight excluding hydrogens is 401 g/mol. The van der Waals surface area contributed by atoms with E-state index < -0.39 is 11.9 Å². The normalized spacial score (nSPS) is 11.8. The van der Waals surface area contributed by atoms with Crippen LogP contribution in [0.1, 0.15) is 21.7 Å². The molecule has 1 unspecified atom stereocenters. The van der Waals surface area contributed by atoms with Crippen LogP contribution in [0.2, 0.25) is 10.0 Å². The second-order valence-corrected chi connectivity index (χ2v) is 8.26. The summed E-state index contributed by atoms with van der Waals surface area (Å²) in [4.78, 5) is 30.1. The number of carbonyl (C=O) groups excluding carboxylic acids is 2. The van der Waals surface area contributed by atoms with Crippen molar-refractivity contribution in [2.45, 2.75) is 19.4 Å². The van der Waals surface area contributed by atoms with Gasteiger partial charge in [0.15, 0.2) is 5.13 Å². The highest BCUT2D eigenvalue weighted by atomic mass is 35.5. The van der Waals surface area contributed by atoms with Gasteiger partial charge in [0.2, 0.25) is 5.91 Å². The Bertz CT molecular complexity index is 768. The number of thioether (sulfide) groups is 1. The van der Waals surface area contributed by atoms with E-state index in [-0.39, 0.29) is 16.5 Å². The van der Waals surface area contributed by atoms with Crippen LogP contribution in [0, 0.1) is 6.92 Å². The largest absolute Gasteiger partial charge is 0.340 e. The molecule has 2 aromatic rings. The zero-order valence-corrected chi connectivity index (χ0v) is 16.8. The highest BCUT2D eigenvalue weighted by Gasteiger charge is 2.23. The van der Waals surface area contributed by atoms with Gasteiger partial charge in [-0.3, -0.25) is 9.59 Å². The van der Waals surface area contributed by atoms with E-state index in [2.05, 4.69) is 15.6 Å². The van der Waals surface area contributed by atoms with E-state index in [1.165, 1.54) is 23.5 Å². The number of amides is 2. The van der Waals surface area contributed by atoms with Gasteiger partial charge in [-0.1, -0.05) is 23.2 Å². The van der Waals surface area contributed by atoms with Gasteiger partial charge in [-0.25, -0.2) is 4.98 Å². The fraction of sp³-hybridized carbons (Fsp3) is 0.312. The van der Waals surface area contributed by atoms with Gasteiger partial charge in [0.05, 0.1) is 10.6 Å². The lowest BCUT2D eigenvalue weighted by Gasteiger charge is -2.18. The minimum atomic E-state index is -0.684. The zero-order valence-electron chi connectivity index (χ0n) is 13.6. The summed E-state index contributed by atoms with van der Waals surface area (Å²) in [6.45, 7) is 1.91.